The molecule has 0 aromatic heterocycles. The summed E-state index contributed by atoms with van der Waals surface area (Å²) in [6.45, 7) is 3.11. The summed E-state index contributed by atoms with van der Waals surface area (Å²) in [6.07, 6.45) is 6.31. The van der Waals surface area contributed by atoms with Gasteiger partial charge in [0, 0.05) is 18.3 Å². The molecule has 0 spiro atoms. The van der Waals surface area contributed by atoms with Crippen LogP contribution in [-0.4, -0.2) is 21.0 Å². The zero-order valence-electron chi connectivity index (χ0n) is 12.6. The van der Waals surface area contributed by atoms with Crippen LogP contribution in [0.1, 0.15) is 44.6 Å². The van der Waals surface area contributed by atoms with E-state index < -0.39 is 10.0 Å². The van der Waals surface area contributed by atoms with Crippen molar-refractivity contribution >= 4 is 15.7 Å². The zero-order chi connectivity index (χ0) is 14.9. The highest BCUT2D eigenvalue weighted by Gasteiger charge is 2.25. The molecule has 2 N–H and O–H groups in total. The largest absolute Gasteiger partial charge is 0.384 e. The molecule has 1 aliphatic heterocycles. The monoisotopic (exact) mass is 308 g/mol. The maximum absolute atomic E-state index is 12.5. The van der Waals surface area contributed by atoms with Crippen molar-refractivity contribution < 1.29 is 8.42 Å². The zero-order valence-corrected chi connectivity index (χ0v) is 13.4. The molecule has 1 aromatic rings. The molecule has 0 radical (unpaired) electrons. The van der Waals surface area contributed by atoms with Gasteiger partial charge in [0.25, 0.3) is 0 Å². The van der Waals surface area contributed by atoms with E-state index in [1.807, 2.05) is 12.1 Å². The van der Waals surface area contributed by atoms with Crippen LogP contribution >= 0.6 is 0 Å². The molecule has 21 heavy (non-hydrogen) atoms. The molecule has 0 atom stereocenters. The summed E-state index contributed by atoms with van der Waals surface area (Å²) in [5.74, 6) is 0.775. The Kier molecular flexibility index (Phi) is 4.22. The molecule has 5 heteroatoms. The van der Waals surface area contributed by atoms with Crippen molar-refractivity contribution in [3.8, 4) is 0 Å². The molecule has 1 fully saturated rings. The van der Waals surface area contributed by atoms with Crippen molar-refractivity contribution in [2.75, 3.05) is 11.9 Å². The minimum atomic E-state index is -3.38. The van der Waals surface area contributed by atoms with Crippen molar-refractivity contribution in [1.29, 1.82) is 0 Å². The molecule has 1 aliphatic carbocycles. The second-order valence-corrected chi connectivity index (χ2v) is 7.96. The van der Waals surface area contributed by atoms with Crippen LogP contribution in [0, 0.1) is 5.92 Å². The van der Waals surface area contributed by atoms with Gasteiger partial charge in [0.05, 0.1) is 4.90 Å². The summed E-state index contributed by atoms with van der Waals surface area (Å²) >= 11 is 0. The quantitative estimate of drug-likeness (QED) is 0.899. The average Bonchev–Trinajstić information content (AvgIpc) is 2.95. The van der Waals surface area contributed by atoms with E-state index in [9.17, 15) is 8.42 Å². The number of benzene rings is 1. The third-order valence-corrected chi connectivity index (χ3v) is 6.36. The van der Waals surface area contributed by atoms with Crippen molar-refractivity contribution in [1.82, 2.24) is 4.72 Å². The summed E-state index contributed by atoms with van der Waals surface area (Å²) in [5.41, 5.74) is 2.17. The Morgan fingerprint density at radius 1 is 1.24 bits per heavy atom. The van der Waals surface area contributed by atoms with Gasteiger partial charge < -0.3 is 5.32 Å². The fraction of sp³-hybridized carbons (Fsp3) is 0.625. The van der Waals surface area contributed by atoms with Gasteiger partial charge in [0.2, 0.25) is 10.0 Å². The van der Waals surface area contributed by atoms with E-state index in [1.165, 1.54) is 6.42 Å². The number of sulfonamides is 1. The Hall–Kier alpha value is -1.07. The van der Waals surface area contributed by atoms with Crippen LogP contribution in [-0.2, 0) is 16.4 Å². The van der Waals surface area contributed by atoms with Crippen LogP contribution in [0.3, 0.4) is 0 Å². The van der Waals surface area contributed by atoms with E-state index in [0.717, 1.165) is 55.8 Å². The van der Waals surface area contributed by atoms with Crippen LogP contribution < -0.4 is 10.0 Å². The fourth-order valence-electron chi connectivity index (χ4n) is 3.42. The minimum Gasteiger partial charge on any atom is -0.384 e. The topological polar surface area (TPSA) is 58.2 Å². The van der Waals surface area contributed by atoms with Crippen LogP contribution in [0.15, 0.2) is 23.1 Å². The number of hydrogen-bond donors (Lipinski definition) is 2. The molecular weight excluding hydrogens is 284 g/mol. The molecule has 0 unspecified atom stereocenters. The number of fused-ring (bicyclic) bond motifs is 1. The smallest absolute Gasteiger partial charge is 0.240 e. The summed E-state index contributed by atoms with van der Waals surface area (Å²) in [5, 5.41) is 3.26. The lowest BCUT2D eigenvalue weighted by atomic mass is 9.85. The van der Waals surface area contributed by atoms with Crippen LogP contribution in [0.25, 0.3) is 0 Å². The molecule has 4 nitrogen and oxygen atoms in total. The Balaban J connectivity index is 1.70. The first kappa shape index (κ1) is 14.9. The minimum absolute atomic E-state index is 0.101. The number of hydrogen-bond acceptors (Lipinski definition) is 3. The maximum atomic E-state index is 12.5. The third-order valence-electron chi connectivity index (χ3n) is 4.84. The predicted molar refractivity (Wildman–Crippen MR) is 85.0 cm³/mol. The molecule has 116 valence electrons. The molecular formula is C16H24N2O2S. The van der Waals surface area contributed by atoms with Crippen LogP contribution in [0.4, 0.5) is 5.69 Å². The van der Waals surface area contributed by atoms with Crippen LogP contribution in [0.5, 0.6) is 0 Å². The number of rotatable bonds is 4. The second kappa shape index (κ2) is 5.97. The lowest BCUT2D eigenvalue weighted by molar-refractivity contribution is 0.306. The molecule has 2 aliphatic rings. The van der Waals surface area contributed by atoms with Crippen molar-refractivity contribution in [2.45, 2.75) is 56.4 Å². The van der Waals surface area contributed by atoms with Gasteiger partial charge in [-0.1, -0.05) is 13.3 Å². The SMILES string of the molecule is CCC1CCC(NS(=O)(=O)c2ccc3c(c2)CCN3)CC1. The Bertz CT molecular complexity index is 605. The first-order chi connectivity index (χ1) is 10.1. The summed E-state index contributed by atoms with van der Waals surface area (Å²) in [7, 11) is -3.38. The highest BCUT2D eigenvalue weighted by Crippen LogP contribution is 2.29. The maximum Gasteiger partial charge on any atom is 0.240 e. The molecule has 0 amide bonds. The molecule has 0 saturated heterocycles. The Morgan fingerprint density at radius 2 is 2.00 bits per heavy atom. The Labute approximate surface area is 127 Å². The molecule has 3 rings (SSSR count). The summed E-state index contributed by atoms with van der Waals surface area (Å²) in [6, 6.07) is 5.50. The van der Waals surface area contributed by atoms with E-state index in [4.69, 9.17) is 0 Å². The van der Waals surface area contributed by atoms with Gasteiger partial charge in [0.15, 0.2) is 0 Å². The first-order valence-corrected chi connectivity index (χ1v) is 9.46. The lowest BCUT2D eigenvalue weighted by Gasteiger charge is -2.28. The highest BCUT2D eigenvalue weighted by atomic mass is 32.2. The van der Waals surface area contributed by atoms with E-state index in [0.29, 0.717) is 4.90 Å². The molecule has 1 aromatic carbocycles. The van der Waals surface area contributed by atoms with Gasteiger partial charge in [-0.15, -0.1) is 0 Å². The van der Waals surface area contributed by atoms with Gasteiger partial charge >= 0.3 is 0 Å². The average molecular weight is 308 g/mol. The third kappa shape index (κ3) is 3.24. The highest BCUT2D eigenvalue weighted by molar-refractivity contribution is 7.89. The van der Waals surface area contributed by atoms with E-state index in [1.54, 1.807) is 6.07 Å². The van der Waals surface area contributed by atoms with Crippen molar-refractivity contribution in [3.63, 3.8) is 0 Å². The van der Waals surface area contributed by atoms with Gasteiger partial charge in [0.1, 0.15) is 0 Å². The summed E-state index contributed by atoms with van der Waals surface area (Å²) in [4.78, 5) is 0.405. The standard InChI is InChI=1S/C16H24N2O2S/c1-2-12-3-5-14(6-4-12)18-21(19,20)15-7-8-16-13(11-15)9-10-17-16/h7-8,11-12,14,17-18H,2-6,9-10H2,1H3. The van der Waals surface area contributed by atoms with E-state index in [-0.39, 0.29) is 6.04 Å². The lowest BCUT2D eigenvalue weighted by Crippen LogP contribution is -2.37. The van der Waals surface area contributed by atoms with Crippen molar-refractivity contribution in [2.24, 2.45) is 5.92 Å². The fourth-order valence-corrected chi connectivity index (χ4v) is 4.78. The van der Waals surface area contributed by atoms with Crippen LogP contribution in [0.2, 0.25) is 0 Å². The number of anilines is 1. The van der Waals surface area contributed by atoms with Gasteiger partial charge in [-0.25, -0.2) is 13.1 Å². The first-order valence-electron chi connectivity index (χ1n) is 7.97. The van der Waals surface area contributed by atoms with Crippen molar-refractivity contribution in [3.05, 3.63) is 23.8 Å². The predicted octanol–water partition coefficient (Wildman–Crippen LogP) is 2.90. The Morgan fingerprint density at radius 3 is 2.71 bits per heavy atom. The second-order valence-electron chi connectivity index (χ2n) is 6.24. The summed E-state index contributed by atoms with van der Waals surface area (Å²) < 4.78 is 27.9. The molecule has 1 heterocycles. The normalized spacial score (nSPS) is 25.4. The number of nitrogens with one attached hydrogen (secondary N) is 2. The van der Waals surface area contributed by atoms with E-state index in [2.05, 4.69) is 17.0 Å². The molecule has 0 bridgehead atoms. The van der Waals surface area contributed by atoms with Gasteiger partial charge in [-0.2, -0.15) is 0 Å². The van der Waals surface area contributed by atoms with Gasteiger partial charge in [-0.05, 0) is 61.8 Å². The van der Waals surface area contributed by atoms with Gasteiger partial charge in [-0.3, -0.25) is 0 Å². The molecule has 1 saturated carbocycles. The van der Waals surface area contributed by atoms with E-state index >= 15 is 0 Å².